The highest BCUT2D eigenvalue weighted by atomic mass is 16.6. The SMILES string of the molecule is CC(C)N(C(=O)CN)C1CCN(C(=O)OCc2ccccc2)C1. The van der Waals surface area contributed by atoms with Crippen LogP contribution in [0.3, 0.4) is 0 Å². The number of benzene rings is 1. The lowest BCUT2D eigenvalue weighted by molar-refractivity contribution is -0.133. The highest BCUT2D eigenvalue weighted by molar-refractivity contribution is 5.79. The normalized spacial score (nSPS) is 17.4. The van der Waals surface area contributed by atoms with Crippen LogP contribution in [-0.2, 0) is 16.1 Å². The molecule has 0 aromatic heterocycles. The summed E-state index contributed by atoms with van der Waals surface area (Å²) in [6.45, 7) is 5.27. The maximum atomic E-state index is 12.2. The summed E-state index contributed by atoms with van der Waals surface area (Å²) in [6, 6.07) is 9.65. The number of likely N-dealkylation sites (tertiary alicyclic amines) is 1. The molecular weight excluding hydrogens is 294 g/mol. The molecular formula is C17H25N3O3. The molecule has 1 aliphatic heterocycles. The molecule has 1 unspecified atom stereocenters. The Bertz CT molecular complexity index is 533. The van der Waals surface area contributed by atoms with Gasteiger partial charge in [-0.15, -0.1) is 0 Å². The van der Waals surface area contributed by atoms with Crippen LogP contribution < -0.4 is 5.73 Å². The van der Waals surface area contributed by atoms with Gasteiger partial charge in [0.2, 0.25) is 5.91 Å². The fraction of sp³-hybridized carbons (Fsp3) is 0.529. The third-order valence-corrected chi connectivity index (χ3v) is 4.04. The van der Waals surface area contributed by atoms with Crippen LogP contribution in [0.15, 0.2) is 30.3 Å². The van der Waals surface area contributed by atoms with Gasteiger partial charge in [0.1, 0.15) is 6.61 Å². The first-order valence-corrected chi connectivity index (χ1v) is 7.99. The molecule has 1 heterocycles. The number of carbonyl (C=O) groups excluding carboxylic acids is 2. The number of amides is 2. The Hall–Kier alpha value is -2.08. The highest BCUT2D eigenvalue weighted by Crippen LogP contribution is 2.19. The topological polar surface area (TPSA) is 75.9 Å². The average Bonchev–Trinajstić information content (AvgIpc) is 3.02. The zero-order valence-corrected chi connectivity index (χ0v) is 13.8. The summed E-state index contributed by atoms with van der Waals surface area (Å²) in [7, 11) is 0. The van der Waals surface area contributed by atoms with Crippen LogP contribution in [0.1, 0.15) is 25.8 Å². The lowest BCUT2D eigenvalue weighted by Gasteiger charge is -2.32. The van der Waals surface area contributed by atoms with Gasteiger partial charge >= 0.3 is 6.09 Å². The lowest BCUT2D eigenvalue weighted by Crippen LogP contribution is -2.48. The van der Waals surface area contributed by atoms with Crippen LogP contribution in [0.4, 0.5) is 4.79 Å². The minimum atomic E-state index is -0.333. The van der Waals surface area contributed by atoms with Gasteiger partial charge in [0.15, 0.2) is 0 Å². The summed E-state index contributed by atoms with van der Waals surface area (Å²) in [5, 5.41) is 0. The van der Waals surface area contributed by atoms with E-state index in [1.807, 2.05) is 44.2 Å². The molecule has 1 fully saturated rings. The Labute approximate surface area is 137 Å². The Morgan fingerprint density at radius 3 is 2.65 bits per heavy atom. The fourth-order valence-electron chi connectivity index (χ4n) is 2.96. The van der Waals surface area contributed by atoms with Crippen molar-refractivity contribution in [3.63, 3.8) is 0 Å². The van der Waals surface area contributed by atoms with Gasteiger partial charge in [-0.3, -0.25) is 4.79 Å². The van der Waals surface area contributed by atoms with E-state index in [0.717, 1.165) is 12.0 Å². The summed E-state index contributed by atoms with van der Waals surface area (Å²) in [4.78, 5) is 27.6. The summed E-state index contributed by atoms with van der Waals surface area (Å²) in [6.07, 6.45) is 0.421. The number of rotatable bonds is 5. The number of ether oxygens (including phenoxy) is 1. The van der Waals surface area contributed by atoms with E-state index in [1.165, 1.54) is 0 Å². The number of hydrogen-bond acceptors (Lipinski definition) is 4. The second kappa shape index (κ2) is 7.97. The molecule has 1 saturated heterocycles. The highest BCUT2D eigenvalue weighted by Gasteiger charge is 2.34. The van der Waals surface area contributed by atoms with Crippen LogP contribution in [-0.4, -0.2) is 53.5 Å². The minimum Gasteiger partial charge on any atom is -0.445 e. The molecule has 6 heteroatoms. The summed E-state index contributed by atoms with van der Waals surface area (Å²) >= 11 is 0. The van der Waals surface area contributed by atoms with E-state index in [4.69, 9.17) is 10.5 Å². The van der Waals surface area contributed by atoms with Crippen molar-refractivity contribution >= 4 is 12.0 Å². The lowest BCUT2D eigenvalue weighted by atomic mass is 10.1. The van der Waals surface area contributed by atoms with Crippen molar-refractivity contribution in [1.82, 2.24) is 9.80 Å². The second-order valence-corrected chi connectivity index (χ2v) is 6.03. The third kappa shape index (κ3) is 4.45. The van der Waals surface area contributed by atoms with Crippen LogP contribution in [0.25, 0.3) is 0 Å². The van der Waals surface area contributed by atoms with Crippen LogP contribution in [0.2, 0.25) is 0 Å². The van der Waals surface area contributed by atoms with E-state index in [9.17, 15) is 9.59 Å². The van der Waals surface area contributed by atoms with E-state index >= 15 is 0 Å². The summed E-state index contributed by atoms with van der Waals surface area (Å²) in [5.74, 6) is -0.0792. The van der Waals surface area contributed by atoms with Crippen molar-refractivity contribution in [2.45, 2.75) is 39.0 Å². The predicted octanol–water partition coefficient (Wildman–Crippen LogP) is 1.59. The van der Waals surface area contributed by atoms with E-state index < -0.39 is 0 Å². The first-order chi connectivity index (χ1) is 11.0. The quantitative estimate of drug-likeness (QED) is 0.894. The summed E-state index contributed by atoms with van der Waals surface area (Å²) < 4.78 is 5.35. The fourth-order valence-corrected chi connectivity index (χ4v) is 2.96. The molecule has 0 aliphatic carbocycles. The molecule has 126 valence electrons. The van der Waals surface area contributed by atoms with Crippen LogP contribution in [0, 0.1) is 0 Å². The number of hydrogen-bond donors (Lipinski definition) is 1. The molecule has 1 aliphatic rings. The van der Waals surface area contributed by atoms with Crippen LogP contribution in [0.5, 0.6) is 0 Å². The number of carbonyl (C=O) groups is 2. The number of nitrogens with zero attached hydrogens (tertiary/aromatic N) is 2. The van der Waals surface area contributed by atoms with Gasteiger partial charge in [-0.25, -0.2) is 4.79 Å². The predicted molar refractivity (Wildman–Crippen MR) is 87.6 cm³/mol. The Kier molecular flexibility index (Phi) is 5.98. The van der Waals surface area contributed by atoms with Crippen molar-refractivity contribution < 1.29 is 14.3 Å². The zero-order chi connectivity index (χ0) is 16.8. The van der Waals surface area contributed by atoms with Crippen LogP contribution >= 0.6 is 0 Å². The Balaban J connectivity index is 1.88. The van der Waals surface area contributed by atoms with Crippen molar-refractivity contribution in [3.8, 4) is 0 Å². The Morgan fingerprint density at radius 2 is 2.04 bits per heavy atom. The molecule has 2 N–H and O–H groups in total. The molecule has 1 aromatic rings. The molecule has 6 nitrogen and oxygen atoms in total. The standard InChI is InChI=1S/C17H25N3O3/c1-13(2)20(16(21)10-18)15-8-9-19(11-15)17(22)23-12-14-6-4-3-5-7-14/h3-7,13,15H,8-12,18H2,1-2H3. The first-order valence-electron chi connectivity index (χ1n) is 7.99. The van der Waals surface area contributed by atoms with Crippen molar-refractivity contribution in [2.24, 2.45) is 5.73 Å². The maximum Gasteiger partial charge on any atom is 0.410 e. The van der Waals surface area contributed by atoms with Gasteiger partial charge in [-0.05, 0) is 25.8 Å². The molecule has 0 spiro atoms. The monoisotopic (exact) mass is 319 g/mol. The molecule has 2 rings (SSSR count). The molecule has 1 aromatic carbocycles. The first kappa shape index (κ1) is 17.3. The van der Waals surface area contributed by atoms with Gasteiger partial charge in [0.05, 0.1) is 12.6 Å². The third-order valence-electron chi connectivity index (χ3n) is 4.04. The summed E-state index contributed by atoms with van der Waals surface area (Å²) in [5.41, 5.74) is 6.45. The van der Waals surface area contributed by atoms with E-state index in [2.05, 4.69) is 0 Å². The maximum absolute atomic E-state index is 12.2. The van der Waals surface area contributed by atoms with Gasteiger partial charge in [0, 0.05) is 19.1 Å². The molecule has 1 atom stereocenters. The van der Waals surface area contributed by atoms with Gasteiger partial charge in [-0.1, -0.05) is 30.3 Å². The molecule has 2 amide bonds. The largest absolute Gasteiger partial charge is 0.445 e. The molecule has 0 radical (unpaired) electrons. The smallest absolute Gasteiger partial charge is 0.410 e. The van der Waals surface area contributed by atoms with Crippen molar-refractivity contribution in [3.05, 3.63) is 35.9 Å². The van der Waals surface area contributed by atoms with Crippen molar-refractivity contribution in [2.75, 3.05) is 19.6 Å². The van der Waals surface area contributed by atoms with E-state index in [-0.39, 0.29) is 37.2 Å². The van der Waals surface area contributed by atoms with Gasteiger partial charge in [0.25, 0.3) is 0 Å². The van der Waals surface area contributed by atoms with E-state index in [1.54, 1.807) is 9.80 Å². The second-order valence-electron chi connectivity index (χ2n) is 6.03. The molecule has 0 saturated carbocycles. The van der Waals surface area contributed by atoms with Gasteiger partial charge in [-0.2, -0.15) is 0 Å². The number of nitrogens with two attached hydrogens (primary N) is 1. The average molecular weight is 319 g/mol. The van der Waals surface area contributed by atoms with Gasteiger partial charge < -0.3 is 20.3 Å². The van der Waals surface area contributed by atoms with E-state index in [0.29, 0.717) is 13.1 Å². The zero-order valence-electron chi connectivity index (χ0n) is 13.8. The Morgan fingerprint density at radius 1 is 1.35 bits per heavy atom. The van der Waals surface area contributed by atoms with Crippen molar-refractivity contribution in [1.29, 1.82) is 0 Å². The molecule has 23 heavy (non-hydrogen) atoms. The molecule has 0 bridgehead atoms. The minimum absolute atomic E-state index is 0.00681.